The van der Waals surface area contributed by atoms with Crippen molar-refractivity contribution in [1.82, 2.24) is 4.57 Å². The summed E-state index contributed by atoms with van der Waals surface area (Å²) in [5.41, 5.74) is -0.0710. The lowest BCUT2D eigenvalue weighted by molar-refractivity contribution is 0.0695. The van der Waals surface area contributed by atoms with Crippen LogP contribution in [0, 0.1) is 5.82 Å². The summed E-state index contributed by atoms with van der Waals surface area (Å²) in [7, 11) is 0. The second kappa shape index (κ2) is 6.00. The van der Waals surface area contributed by atoms with Crippen LogP contribution in [0.2, 0.25) is 0 Å². The van der Waals surface area contributed by atoms with Crippen molar-refractivity contribution >= 4 is 22.6 Å². The molecule has 122 valence electrons. The Bertz CT molecular complexity index is 825. The fourth-order valence-corrected chi connectivity index (χ4v) is 2.86. The van der Waals surface area contributed by atoms with Crippen molar-refractivity contribution in [2.45, 2.75) is 13.5 Å². The monoisotopic (exact) mass is 320 g/mol. The number of nitrogens with zero attached hydrogens (tertiary/aromatic N) is 2. The molecule has 0 amide bonds. The van der Waals surface area contributed by atoms with Crippen LogP contribution < -0.4 is 10.3 Å². The zero-order valence-electron chi connectivity index (χ0n) is 12.7. The fourth-order valence-electron chi connectivity index (χ4n) is 2.86. The van der Waals surface area contributed by atoms with E-state index < -0.39 is 17.2 Å². The van der Waals surface area contributed by atoms with Gasteiger partial charge in [0.15, 0.2) is 0 Å². The van der Waals surface area contributed by atoms with E-state index in [1.165, 1.54) is 6.20 Å². The van der Waals surface area contributed by atoms with E-state index in [0.717, 1.165) is 6.07 Å². The van der Waals surface area contributed by atoms with Gasteiger partial charge in [0.2, 0.25) is 5.43 Å². The van der Waals surface area contributed by atoms with Crippen LogP contribution >= 0.6 is 0 Å². The van der Waals surface area contributed by atoms with Gasteiger partial charge in [0.1, 0.15) is 11.4 Å². The molecule has 0 atom stereocenters. The number of ether oxygens (including phenoxy) is 1. The first-order valence-electron chi connectivity index (χ1n) is 7.45. The van der Waals surface area contributed by atoms with Crippen LogP contribution in [0.5, 0.6) is 0 Å². The molecule has 1 aliphatic heterocycles. The molecule has 1 fully saturated rings. The van der Waals surface area contributed by atoms with Crippen molar-refractivity contribution in [3.8, 4) is 0 Å². The van der Waals surface area contributed by atoms with Gasteiger partial charge in [-0.3, -0.25) is 4.79 Å². The Morgan fingerprint density at radius 3 is 2.65 bits per heavy atom. The average Bonchev–Trinajstić information content (AvgIpc) is 2.55. The molecule has 1 aliphatic rings. The lowest BCUT2D eigenvalue weighted by Gasteiger charge is -2.29. The minimum atomic E-state index is -1.31. The first kappa shape index (κ1) is 15.5. The predicted molar refractivity (Wildman–Crippen MR) is 83.8 cm³/mol. The lowest BCUT2D eigenvalue weighted by Crippen LogP contribution is -2.36. The number of halogens is 1. The quantitative estimate of drug-likeness (QED) is 0.932. The minimum Gasteiger partial charge on any atom is -0.477 e. The summed E-state index contributed by atoms with van der Waals surface area (Å²) in [6, 6.07) is 2.76. The van der Waals surface area contributed by atoms with Gasteiger partial charge in [-0.25, -0.2) is 9.18 Å². The summed E-state index contributed by atoms with van der Waals surface area (Å²) >= 11 is 0. The Hall–Kier alpha value is -2.41. The number of anilines is 1. The highest BCUT2D eigenvalue weighted by Gasteiger charge is 2.20. The van der Waals surface area contributed by atoms with Gasteiger partial charge in [0, 0.05) is 31.2 Å². The average molecular weight is 320 g/mol. The standard InChI is InChI=1S/C16H17FN2O4/c1-2-18-9-11(16(21)22)15(20)10-7-12(17)14(8-13(10)18)19-3-5-23-6-4-19/h7-9H,2-6H2,1H3,(H,21,22). The highest BCUT2D eigenvalue weighted by Crippen LogP contribution is 2.26. The van der Waals surface area contributed by atoms with Crippen molar-refractivity contribution < 1.29 is 19.0 Å². The van der Waals surface area contributed by atoms with Crippen LogP contribution in [0.3, 0.4) is 0 Å². The third-order valence-electron chi connectivity index (χ3n) is 4.07. The largest absolute Gasteiger partial charge is 0.477 e. The maximum absolute atomic E-state index is 14.5. The molecule has 0 saturated carbocycles. The van der Waals surface area contributed by atoms with Gasteiger partial charge in [-0.1, -0.05) is 0 Å². The molecule has 1 aromatic carbocycles. The topological polar surface area (TPSA) is 71.8 Å². The van der Waals surface area contributed by atoms with E-state index >= 15 is 0 Å². The number of aromatic carboxylic acids is 1. The van der Waals surface area contributed by atoms with Crippen LogP contribution in [-0.2, 0) is 11.3 Å². The van der Waals surface area contributed by atoms with Gasteiger partial charge in [0.25, 0.3) is 0 Å². The van der Waals surface area contributed by atoms with Crippen molar-refractivity contribution in [2.75, 3.05) is 31.2 Å². The molecule has 0 radical (unpaired) electrons. The number of pyridine rings is 1. The summed E-state index contributed by atoms with van der Waals surface area (Å²) in [6.07, 6.45) is 1.31. The Labute approximate surface area is 131 Å². The Morgan fingerprint density at radius 1 is 1.35 bits per heavy atom. The SMILES string of the molecule is CCn1cc(C(=O)O)c(=O)c2cc(F)c(N3CCOCC3)cc21. The highest BCUT2D eigenvalue weighted by atomic mass is 19.1. The zero-order chi connectivity index (χ0) is 16.6. The van der Waals surface area contributed by atoms with Crippen LogP contribution in [0.25, 0.3) is 10.9 Å². The van der Waals surface area contributed by atoms with E-state index in [2.05, 4.69) is 0 Å². The first-order valence-corrected chi connectivity index (χ1v) is 7.45. The van der Waals surface area contributed by atoms with Crippen LogP contribution in [0.1, 0.15) is 17.3 Å². The summed E-state index contributed by atoms with van der Waals surface area (Å²) in [6.45, 7) is 4.52. The molecule has 0 spiro atoms. The van der Waals surface area contributed by atoms with Crippen LogP contribution in [0.15, 0.2) is 23.1 Å². The molecule has 3 rings (SSSR count). The molecule has 23 heavy (non-hydrogen) atoms. The van der Waals surface area contributed by atoms with Gasteiger partial charge < -0.3 is 19.3 Å². The van der Waals surface area contributed by atoms with Crippen molar-refractivity contribution in [2.24, 2.45) is 0 Å². The van der Waals surface area contributed by atoms with Gasteiger partial charge in [-0.05, 0) is 19.1 Å². The van der Waals surface area contributed by atoms with Gasteiger partial charge >= 0.3 is 5.97 Å². The van der Waals surface area contributed by atoms with E-state index in [1.807, 2.05) is 11.8 Å². The number of hydrogen-bond acceptors (Lipinski definition) is 4. The number of aromatic nitrogens is 1. The molecule has 2 aromatic rings. The third kappa shape index (κ3) is 2.68. The molecule has 1 N–H and O–H groups in total. The number of fused-ring (bicyclic) bond motifs is 1. The molecule has 1 aromatic heterocycles. The molecule has 2 heterocycles. The second-order valence-electron chi connectivity index (χ2n) is 5.38. The summed E-state index contributed by atoms with van der Waals surface area (Å²) in [5, 5.41) is 9.23. The minimum absolute atomic E-state index is 0.0845. The van der Waals surface area contributed by atoms with Gasteiger partial charge in [0.05, 0.1) is 24.4 Å². The highest BCUT2D eigenvalue weighted by molar-refractivity contribution is 5.93. The number of carbonyl (C=O) groups is 1. The number of benzene rings is 1. The molecule has 6 nitrogen and oxygen atoms in total. The first-order chi connectivity index (χ1) is 11.0. The van der Waals surface area contributed by atoms with Crippen molar-refractivity contribution in [3.05, 3.63) is 39.9 Å². The van der Waals surface area contributed by atoms with Crippen molar-refractivity contribution in [1.29, 1.82) is 0 Å². The normalized spacial score (nSPS) is 15.1. The molecule has 0 unspecified atom stereocenters. The van der Waals surface area contributed by atoms with Crippen LogP contribution in [0.4, 0.5) is 10.1 Å². The van der Waals surface area contributed by atoms with Gasteiger partial charge in [-0.2, -0.15) is 0 Å². The van der Waals surface area contributed by atoms with E-state index in [0.29, 0.717) is 44.1 Å². The molecular formula is C16H17FN2O4. The van der Waals surface area contributed by atoms with E-state index in [1.54, 1.807) is 10.6 Å². The molecular weight excluding hydrogens is 303 g/mol. The number of rotatable bonds is 3. The molecule has 7 heteroatoms. The van der Waals surface area contributed by atoms with Crippen molar-refractivity contribution in [3.63, 3.8) is 0 Å². The summed E-state index contributed by atoms with van der Waals surface area (Å²) in [4.78, 5) is 25.4. The van der Waals surface area contributed by atoms with Crippen LogP contribution in [-0.4, -0.2) is 41.9 Å². The summed E-state index contributed by atoms with van der Waals surface area (Å²) < 4.78 is 21.4. The Morgan fingerprint density at radius 2 is 2.04 bits per heavy atom. The maximum Gasteiger partial charge on any atom is 0.341 e. The molecule has 0 bridgehead atoms. The predicted octanol–water partition coefficient (Wildman–Crippen LogP) is 1.70. The Balaban J connectivity index is 2.24. The maximum atomic E-state index is 14.5. The second-order valence-corrected chi connectivity index (χ2v) is 5.38. The van der Waals surface area contributed by atoms with E-state index in [9.17, 15) is 14.0 Å². The smallest absolute Gasteiger partial charge is 0.341 e. The zero-order valence-corrected chi connectivity index (χ0v) is 12.7. The summed E-state index contributed by atoms with van der Waals surface area (Å²) in [5.74, 6) is -1.83. The number of carboxylic acid groups (broad SMARTS) is 1. The van der Waals surface area contributed by atoms with Gasteiger partial charge in [-0.15, -0.1) is 0 Å². The number of aryl methyl sites for hydroxylation is 1. The fraction of sp³-hybridized carbons (Fsp3) is 0.375. The van der Waals surface area contributed by atoms with E-state index in [-0.39, 0.29) is 10.9 Å². The molecule has 0 aliphatic carbocycles. The number of carboxylic acids is 1. The molecule has 1 saturated heterocycles. The van der Waals surface area contributed by atoms with E-state index in [4.69, 9.17) is 9.84 Å². The third-order valence-corrected chi connectivity index (χ3v) is 4.07. The Kier molecular flexibility index (Phi) is 4.04. The number of hydrogen-bond donors (Lipinski definition) is 1. The lowest BCUT2D eigenvalue weighted by atomic mass is 10.1. The number of morpholine rings is 1.